The molecule has 0 saturated carbocycles. The number of rotatable bonds is 2. The maximum atomic E-state index is 12.8. The van der Waals surface area contributed by atoms with Crippen LogP contribution in [-0.4, -0.2) is 10.8 Å². The Morgan fingerprint density at radius 2 is 1.75 bits per heavy atom. The average molecular weight is 261 g/mol. The van der Waals surface area contributed by atoms with Crippen LogP contribution in [0.3, 0.4) is 0 Å². The van der Waals surface area contributed by atoms with Gasteiger partial charge >= 0.3 is 0 Å². The molecule has 0 bridgehead atoms. The molecule has 0 aliphatic rings. The normalized spacial score (nSPS) is 10.7. The first kappa shape index (κ1) is 12.5. The Morgan fingerprint density at radius 1 is 0.950 bits per heavy atom. The molecule has 0 spiro atoms. The van der Waals surface area contributed by atoms with E-state index in [0.29, 0.717) is 5.69 Å². The van der Waals surface area contributed by atoms with Gasteiger partial charge in [0.05, 0.1) is 0 Å². The molecule has 20 heavy (non-hydrogen) atoms. The van der Waals surface area contributed by atoms with Gasteiger partial charge in [0.15, 0.2) is 0 Å². The van der Waals surface area contributed by atoms with Crippen molar-refractivity contribution in [2.24, 2.45) is 0 Å². The maximum absolute atomic E-state index is 12.8. The van der Waals surface area contributed by atoms with Crippen LogP contribution in [0.5, 0.6) is 0 Å². The third-order valence-corrected chi connectivity index (χ3v) is 3.74. The summed E-state index contributed by atoms with van der Waals surface area (Å²) in [6.07, 6.45) is 1.70. The lowest BCUT2D eigenvalue weighted by Crippen LogP contribution is -2.07. The fraction of sp³-hybridized carbons (Fsp3) is 0.111. The molecule has 0 saturated heterocycles. The van der Waals surface area contributed by atoms with Crippen molar-refractivity contribution in [1.29, 1.82) is 0 Å². The Morgan fingerprint density at radius 3 is 2.60 bits per heavy atom. The maximum Gasteiger partial charge on any atom is 0.212 e. The van der Waals surface area contributed by atoms with Gasteiger partial charge in [-0.15, -0.1) is 0 Å². The lowest BCUT2D eigenvalue weighted by atomic mass is 9.96. The Hall–Kier alpha value is -2.48. The summed E-state index contributed by atoms with van der Waals surface area (Å²) in [5, 5.41) is 1.94. The summed E-state index contributed by atoms with van der Waals surface area (Å²) in [4.78, 5) is 17.1. The zero-order chi connectivity index (χ0) is 14.1. The molecule has 0 unspecified atom stereocenters. The Bertz CT molecular complexity index is 800. The molecule has 0 aliphatic carbocycles. The lowest BCUT2D eigenvalue weighted by molar-refractivity contribution is 0.103. The predicted molar refractivity (Wildman–Crippen MR) is 81.1 cm³/mol. The van der Waals surface area contributed by atoms with Crippen molar-refractivity contribution in [3.8, 4) is 0 Å². The highest BCUT2D eigenvalue weighted by Gasteiger charge is 2.16. The fourth-order valence-electron chi connectivity index (χ4n) is 2.43. The highest BCUT2D eigenvalue weighted by Crippen LogP contribution is 2.22. The molecule has 0 atom stereocenters. The van der Waals surface area contributed by atoms with E-state index >= 15 is 0 Å². The van der Waals surface area contributed by atoms with Crippen LogP contribution in [0.1, 0.15) is 27.2 Å². The molecule has 1 heterocycles. The number of carbonyl (C=O) groups excluding carboxylic acids is 1. The average Bonchev–Trinajstić information content (AvgIpc) is 2.49. The van der Waals surface area contributed by atoms with Gasteiger partial charge in [-0.2, -0.15) is 0 Å². The van der Waals surface area contributed by atoms with E-state index < -0.39 is 0 Å². The van der Waals surface area contributed by atoms with Crippen molar-refractivity contribution in [3.05, 3.63) is 77.1 Å². The van der Waals surface area contributed by atoms with Crippen LogP contribution in [0.15, 0.2) is 54.7 Å². The van der Waals surface area contributed by atoms with Crippen molar-refractivity contribution in [2.45, 2.75) is 13.8 Å². The van der Waals surface area contributed by atoms with Crippen LogP contribution in [-0.2, 0) is 0 Å². The first-order chi connectivity index (χ1) is 9.68. The predicted octanol–water partition coefficient (Wildman–Crippen LogP) is 4.08. The quantitative estimate of drug-likeness (QED) is 0.650. The number of aromatic nitrogens is 1. The summed E-state index contributed by atoms with van der Waals surface area (Å²) in [5.74, 6) is -0.0111. The van der Waals surface area contributed by atoms with Gasteiger partial charge in [0.2, 0.25) is 5.78 Å². The van der Waals surface area contributed by atoms with Gasteiger partial charge in [-0.3, -0.25) is 9.78 Å². The zero-order valence-electron chi connectivity index (χ0n) is 11.6. The molecule has 1 aromatic heterocycles. The molecular weight excluding hydrogens is 246 g/mol. The second kappa shape index (κ2) is 4.89. The summed E-state index contributed by atoms with van der Waals surface area (Å²) in [7, 11) is 0. The third kappa shape index (κ3) is 1.99. The minimum atomic E-state index is -0.0111. The molecule has 3 aromatic rings. The van der Waals surface area contributed by atoms with Crippen molar-refractivity contribution in [2.75, 3.05) is 0 Å². The van der Waals surface area contributed by atoms with Crippen molar-refractivity contribution < 1.29 is 4.79 Å². The number of nitrogens with zero attached hydrogens (tertiary/aromatic N) is 1. The van der Waals surface area contributed by atoms with Crippen LogP contribution in [0.25, 0.3) is 10.8 Å². The van der Waals surface area contributed by atoms with Crippen LogP contribution in [0, 0.1) is 13.8 Å². The van der Waals surface area contributed by atoms with Crippen molar-refractivity contribution >= 4 is 16.6 Å². The molecule has 3 rings (SSSR count). The smallest absolute Gasteiger partial charge is 0.212 e. The number of hydrogen-bond donors (Lipinski definition) is 0. The second-order valence-corrected chi connectivity index (χ2v) is 4.96. The molecule has 0 fully saturated rings. The number of aryl methyl sites for hydroxylation is 1. The molecule has 2 nitrogen and oxygen atoms in total. The van der Waals surface area contributed by atoms with Gasteiger partial charge in [-0.1, -0.05) is 42.5 Å². The largest absolute Gasteiger partial charge is 0.287 e. The molecule has 0 aliphatic heterocycles. The van der Waals surface area contributed by atoms with Gasteiger partial charge in [0.1, 0.15) is 5.69 Å². The topological polar surface area (TPSA) is 30.0 Å². The molecule has 0 amide bonds. The van der Waals surface area contributed by atoms with E-state index in [4.69, 9.17) is 0 Å². The van der Waals surface area contributed by atoms with E-state index in [0.717, 1.165) is 27.5 Å². The van der Waals surface area contributed by atoms with E-state index in [1.807, 2.05) is 62.4 Å². The summed E-state index contributed by atoms with van der Waals surface area (Å²) >= 11 is 0. The van der Waals surface area contributed by atoms with E-state index in [1.54, 1.807) is 6.20 Å². The SMILES string of the molecule is Cc1cccc(C(=O)c2nccc3ccccc23)c1C. The van der Waals surface area contributed by atoms with Gasteiger partial charge in [0.25, 0.3) is 0 Å². The summed E-state index contributed by atoms with van der Waals surface area (Å²) in [6, 6.07) is 15.6. The highest BCUT2D eigenvalue weighted by molar-refractivity contribution is 6.15. The molecular formula is C18H15NO. The van der Waals surface area contributed by atoms with E-state index in [-0.39, 0.29) is 5.78 Å². The summed E-state index contributed by atoms with van der Waals surface area (Å²) in [5.41, 5.74) is 3.40. The Kier molecular flexibility index (Phi) is 3.07. The van der Waals surface area contributed by atoms with Gasteiger partial charge < -0.3 is 0 Å². The fourth-order valence-corrected chi connectivity index (χ4v) is 2.43. The molecule has 2 aromatic carbocycles. The number of hydrogen-bond acceptors (Lipinski definition) is 2. The number of benzene rings is 2. The third-order valence-electron chi connectivity index (χ3n) is 3.74. The lowest BCUT2D eigenvalue weighted by Gasteiger charge is -2.09. The molecule has 0 radical (unpaired) electrons. The first-order valence-corrected chi connectivity index (χ1v) is 6.63. The van der Waals surface area contributed by atoms with E-state index in [2.05, 4.69) is 4.98 Å². The van der Waals surface area contributed by atoms with Gasteiger partial charge in [-0.05, 0) is 36.4 Å². The van der Waals surface area contributed by atoms with E-state index in [9.17, 15) is 4.79 Å². The number of carbonyl (C=O) groups is 1. The molecule has 0 N–H and O–H groups in total. The Balaban J connectivity index is 2.21. The van der Waals surface area contributed by atoms with Crippen LogP contribution in [0.2, 0.25) is 0 Å². The number of fused-ring (bicyclic) bond motifs is 1. The van der Waals surface area contributed by atoms with Crippen molar-refractivity contribution in [1.82, 2.24) is 4.98 Å². The monoisotopic (exact) mass is 261 g/mol. The second-order valence-electron chi connectivity index (χ2n) is 4.96. The van der Waals surface area contributed by atoms with Gasteiger partial charge in [0, 0.05) is 17.1 Å². The minimum Gasteiger partial charge on any atom is -0.287 e. The van der Waals surface area contributed by atoms with E-state index in [1.165, 1.54) is 0 Å². The number of ketones is 1. The van der Waals surface area contributed by atoms with Crippen LogP contribution < -0.4 is 0 Å². The summed E-state index contributed by atoms with van der Waals surface area (Å²) < 4.78 is 0. The standard InChI is InChI=1S/C18H15NO/c1-12-6-5-9-15(13(12)2)18(20)17-16-8-4-3-7-14(16)10-11-19-17/h3-11H,1-2H3. The summed E-state index contributed by atoms with van der Waals surface area (Å²) in [6.45, 7) is 4.00. The highest BCUT2D eigenvalue weighted by atomic mass is 16.1. The molecule has 98 valence electrons. The van der Waals surface area contributed by atoms with Crippen LogP contribution >= 0.6 is 0 Å². The number of pyridine rings is 1. The molecule has 2 heteroatoms. The van der Waals surface area contributed by atoms with Crippen molar-refractivity contribution in [3.63, 3.8) is 0 Å². The zero-order valence-corrected chi connectivity index (χ0v) is 11.6. The first-order valence-electron chi connectivity index (χ1n) is 6.63. The minimum absolute atomic E-state index is 0.0111. The Labute approximate surface area is 118 Å². The van der Waals surface area contributed by atoms with Gasteiger partial charge in [-0.25, -0.2) is 0 Å². The van der Waals surface area contributed by atoms with Crippen LogP contribution in [0.4, 0.5) is 0 Å².